The Morgan fingerprint density at radius 1 is 1.20 bits per heavy atom. The highest BCUT2D eigenvalue weighted by atomic mass is 79.9. The Balaban J connectivity index is 2.53. The van der Waals surface area contributed by atoms with E-state index in [2.05, 4.69) is 21.2 Å². The third-order valence-electron chi connectivity index (χ3n) is 3.23. The molecule has 0 aliphatic heterocycles. The maximum absolute atomic E-state index is 13.6. The normalized spacial score (nSPS) is 12.4. The molecule has 0 saturated carbocycles. The number of halogens is 3. The third kappa shape index (κ3) is 3.40. The van der Waals surface area contributed by atoms with Crippen molar-refractivity contribution in [1.82, 2.24) is 5.32 Å². The minimum absolute atomic E-state index is 0.0673. The van der Waals surface area contributed by atoms with Crippen molar-refractivity contribution in [3.05, 3.63) is 68.4 Å². The van der Waals surface area contributed by atoms with Crippen LogP contribution < -0.4 is 5.32 Å². The first-order chi connectivity index (χ1) is 9.52. The lowest BCUT2D eigenvalue weighted by molar-refractivity contribution is 0.599. The van der Waals surface area contributed by atoms with E-state index in [-0.39, 0.29) is 11.9 Å². The molecule has 1 unspecified atom stereocenters. The molecule has 0 aliphatic carbocycles. The van der Waals surface area contributed by atoms with Crippen LogP contribution in [0.3, 0.4) is 0 Å². The Labute approximate surface area is 132 Å². The highest BCUT2D eigenvalue weighted by Crippen LogP contribution is 2.32. The third-order valence-corrected chi connectivity index (χ3v) is 4.16. The van der Waals surface area contributed by atoms with Crippen LogP contribution >= 0.6 is 27.5 Å². The number of aryl methyl sites for hydroxylation is 1. The van der Waals surface area contributed by atoms with Crippen molar-refractivity contribution in [2.75, 3.05) is 6.54 Å². The van der Waals surface area contributed by atoms with Gasteiger partial charge in [0.25, 0.3) is 0 Å². The van der Waals surface area contributed by atoms with Gasteiger partial charge in [0.2, 0.25) is 0 Å². The van der Waals surface area contributed by atoms with Gasteiger partial charge in [0, 0.05) is 9.50 Å². The molecular formula is C16H16BrClFN. The first kappa shape index (κ1) is 15.5. The van der Waals surface area contributed by atoms with Crippen LogP contribution in [-0.2, 0) is 0 Å². The van der Waals surface area contributed by atoms with E-state index in [1.807, 2.05) is 32.0 Å². The van der Waals surface area contributed by atoms with E-state index in [4.69, 9.17) is 11.6 Å². The summed E-state index contributed by atoms with van der Waals surface area (Å²) in [4.78, 5) is 0. The molecule has 2 rings (SSSR count). The molecule has 1 nitrogen and oxygen atoms in total. The summed E-state index contributed by atoms with van der Waals surface area (Å²) >= 11 is 9.53. The molecule has 2 aromatic rings. The van der Waals surface area contributed by atoms with Crippen molar-refractivity contribution in [2.45, 2.75) is 19.9 Å². The van der Waals surface area contributed by atoms with Gasteiger partial charge in [-0.3, -0.25) is 0 Å². The average molecular weight is 357 g/mol. The van der Waals surface area contributed by atoms with Crippen LogP contribution in [0.4, 0.5) is 4.39 Å². The fourth-order valence-electron chi connectivity index (χ4n) is 2.25. The van der Waals surface area contributed by atoms with Crippen LogP contribution in [-0.4, -0.2) is 6.54 Å². The lowest BCUT2D eigenvalue weighted by Crippen LogP contribution is -2.23. The van der Waals surface area contributed by atoms with Crippen LogP contribution in [0.2, 0.25) is 5.02 Å². The minimum atomic E-state index is -0.224. The van der Waals surface area contributed by atoms with E-state index in [0.717, 1.165) is 27.7 Å². The van der Waals surface area contributed by atoms with Crippen molar-refractivity contribution in [3.8, 4) is 0 Å². The van der Waals surface area contributed by atoms with Crippen molar-refractivity contribution in [1.29, 1.82) is 0 Å². The Hall–Kier alpha value is -0.900. The Morgan fingerprint density at radius 2 is 1.95 bits per heavy atom. The van der Waals surface area contributed by atoms with E-state index in [1.165, 1.54) is 6.07 Å². The van der Waals surface area contributed by atoms with Gasteiger partial charge in [0.1, 0.15) is 5.82 Å². The van der Waals surface area contributed by atoms with Crippen molar-refractivity contribution < 1.29 is 4.39 Å². The van der Waals surface area contributed by atoms with Crippen molar-refractivity contribution >= 4 is 27.5 Å². The molecule has 0 fully saturated rings. The fourth-order valence-corrected chi connectivity index (χ4v) is 3.16. The number of benzene rings is 2. The maximum atomic E-state index is 13.6. The highest BCUT2D eigenvalue weighted by Gasteiger charge is 2.18. The zero-order chi connectivity index (χ0) is 14.7. The van der Waals surface area contributed by atoms with Gasteiger partial charge in [0.05, 0.1) is 6.04 Å². The van der Waals surface area contributed by atoms with Gasteiger partial charge < -0.3 is 5.32 Å². The summed E-state index contributed by atoms with van der Waals surface area (Å²) in [5, 5.41) is 4.08. The molecule has 0 bridgehead atoms. The molecule has 0 aromatic heterocycles. The van der Waals surface area contributed by atoms with Crippen LogP contribution in [0.15, 0.2) is 40.9 Å². The maximum Gasteiger partial charge on any atom is 0.123 e. The molecule has 4 heteroatoms. The average Bonchev–Trinajstić information content (AvgIpc) is 2.40. The van der Waals surface area contributed by atoms with Crippen molar-refractivity contribution in [2.24, 2.45) is 0 Å². The van der Waals surface area contributed by atoms with E-state index in [0.29, 0.717) is 5.02 Å². The summed E-state index contributed by atoms with van der Waals surface area (Å²) in [6.45, 7) is 4.81. The molecule has 0 heterocycles. The lowest BCUT2D eigenvalue weighted by atomic mass is 9.95. The predicted molar refractivity (Wildman–Crippen MR) is 85.8 cm³/mol. The smallest absolute Gasteiger partial charge is 0.123 e. The second-order valence-electron chi connectivity index (χ2n) is 4.66. The van der Waals surface area contributed by atoms with Gasteiger partial charge in [-0.25, -0.2) is 4.39 Å². The first-order valence-corrected chi connectivity index (χ1v) is 7.64. The van der Waals surface area contributed by atoms with Crippen LogP contribution in [0.1, 0.15) is 29.7 Å². The Kier molecular flexibility index (Phi) is 5.19. The fraction of sp³-hybridized carbons (Fsp3) is 0.250. The molecule has 1 atom stereocenters. The van der Waals surface area contributed by atoms with Crippen LogP contribution in [0.5, 0.6) is 0 Å². The summed E-state index contributed by atoms with van der Waals surface area (Å²) in [5.74, 6) is -0.224. The van der Waals surface area contributed by atoms with Crippen LogP contribution in [0.25, 0.3) is 0 Å². The molecule has 20 heavy (non-hydrogen) atoms. The first-order valence-electron chi connectivity index (χ1n) is 6.47. The monoisotopic (exact) mass is 355 g/mol. The SMILES string of the molecule is CCNC(c1cc(F)ccc1C)c1ccc(Cl)cc1Br. The largest absolute Gasteiger partial charge is 0.306 e. The highest BCUT2D eigenvalue weighted by molar-refractivity contribution is 9.10. The van der Waals surface area contributed by atoms with Crippen LogP contribution in [0, 0.1) is 12.7 Å². The molecule has 2 aromatic carbocycles. The molecule has 1 N–H and O–H groups in total. The molecule has 0 aliphatic rings. The van der Waals surface area contributed by atoms with E-state index >= 15 is 0 Å². The van der Waals surface area contributed by atoms with Gasteiger partial charge in [-0.2, -0.15) is 0 Å². The summed E-state index contributed by atoms with van der Waals surface area (Å²) < 4.78 is 14.5. The number of rotatable bonds is 4. The zero-order valence-electron chi connectivity index (χ0n) is 11.4. The molecule has 0 spiro atoms. The molecule has 106 valence electrons. The lowest BCUT2D eigenvalue weighted by Gasteiger charge is -2.22. The Morgan fingerprint density at radius 3 is 2.60 bits per heavy atom. The second kappa shape index (κ2) is 6.70. The number of hydrogen-bond acceptors (Lipinski definition) is 1. The van der Waals surface area contributed by atoms with Gasteiger partial charge in [-0.15, -0.1) is 0 Å². The van der Waals surface area contributed by atoms with E-state index in [9.17, 15) is 4.39 Å². The Bertz CT molecular complexity index is 615. The second-order valence-corrected chi connectivity index (χ2v) is 5.95. The van der Waals surface area contributed by atoms with Crippen molar-refractivity contribution in [3.63, 3.8) is 0 Å². The summed E-state index contributed by atoms with van der Waals surface area (Å²) in [6.07, 6.45) is 0. The number of hydrogen-bond donors (Lipinski definition) is 1. The van der Waals surface area contributed by atoms with Gasteiger partial charge in [-0.05, 0) is 54.4 Å². The van der Waals surface area contributed by atoms with Gasteiger partial charge in [0.15, 0.2) is 0 Å². The standard InChI is InChI=1S/C16H16BrClFN/c1-3-20-16(13-7-5-11(18)8-15(13)17)14-9-12(19)6-4-10(14)2/h4-9,16,20H,3H2,1-2H3. The van der Waals surface area contributed by atoms with E-state index < -0.39 is 0 Å². The zero-order valence-corrected chi connectivity index (χ0v) is 13.7. The molecule has 0 saturated heterocycles. The number of nitrogens with one attached hydrogen (secondary N) is 1. The van der Waals surface area contributed by atoms with Gasteiger partial charge >= 0.3 is 0 Å². The van der Waals surface area contributed by atoms with E-state index in [1.54, 1.807) is 12.1 Å². The summed E-state index contributed by atoms with van der Waals surface area (Å²) in [5.41, 5.74) is 3.04. The summed E-state index contributed by atoms with van der Waals surface area (Å²) in [6, 6.07) is 10.5. The topological polar surface area (TPSA) is 12.0 Å². The summed E-state index contributed by atoms with van der Waals surface area (Å²) in [7, 11) is 0. The quantitative estimate of drug-likeness (QED) is 0.789. The molecular weight excluding hydrogens is 341 g/mol. The van der Waals surface area contributed by atoms with Gasteiger partial charge in [-0.1, -0.05) is 46.6 Å². The molecule has 0 amide bonds. The molecule has 0 radical (unpaired) electrons. The minimum Gasteiger partial charge on any atom is -0.306 e. The predicted octanol–water partition coefficient (Wildman–Crippen LogP) is 5.25.